The lowest BCUT2D eigenvalue weighted by Gasteiger charge is -2.27. The first kappa shape index (κ1) is 20.4. The Balaban J connectivity index is 1.41. The van der Waals surface area contributed by atoms with Gasteiger partial charge in [-0.3, -0.25) is 0 Å². The Morgan fingerprint density at radius 2 is 1.87 bits per heavy atom. The van der Waals surface area contributed by atoms with Gasteiger partial charge in [-0.05, 0) is 43.2 Å². The zero-order chi connectivity index (χ0) is 20.6. The molecule has 0 saturated heterocycles. The van der Waals surface area contributed by atoms with E-state index in [-0.39, 0.29) is 6.04 Å². The van der Waals surface area contributed by atoms with E-state index in [4.69, 9.17) is 4.52 Å². The molecule has 0 aromatic carbocycles. The lowest BCUT2D eigenvalue weighted by molar-refractivity contribution is 0.319. The molecule has 3 aromatic rings. The average Bonchev–Trinajstić information content (AvgIpc) is 3.57. The molecule has 0 radical (unpaired) electrons. The second kappa shape index (κ2) is 8.53. The molecule has 0 atom stereocenters. The Bertz CT molecular complexity index is 1080. The molecular weight excluding hydrogens is 438 g/mol. The van der Waals surface area contributed by atoms with Gasteiger partial charge in [0.25, 0.3) is 10.0 Å². The maximum atomic E-state index is 13.6. The molecule has 0 amide bonds. The minimum absolute atomic E-state index is 0.0711. The van der Waals surface area contributed by atoms with Gasteiger partial charge in [0.05, 0.1) is 0 Å². The molecule has 2 aliphatic carbocycles. The SMILES string of the molecule is O=S(=O)(c1cc(-c2noc(C3CCCC3)n2)cs1)N(Cc1cccs1)C1CCCC1. The van der Waals surface area contributed by atoms with Gasteiger partial charge < -0.3 is 4.52 Å². The van der Waals surface area contributed by atoms with Crippen LogP contribution in [0.4, 0.5) is 0 Å². The zero-order valence-corrected chi connectivity index (χ0v) is 19.1. The van der Waals surface area contributed by atoms with Crippen LogP contribution in [0.25, 0.3) is 11.4 Å². The summed E-state index contributed by atoms with van der Waals surface area (Å²) in [6.45, 7) is 0.436. The summed E-state index contributed by atoms with van der Waals surface area (Å²) in [6.07, 6.45) is 8.60. The van der Waals surface area contributed by atoms with Crippen molar-refractivity contribution in [2.24, 2.45) is 0 Å². The molecule has 2 aliphatic rings. The molecule has 160 valence electrons. The summed E-state index contributed by atoms with van der Waals surface area (Å²) in [4.78, 5) is 5.63. The van der Waals surface area contributed by atoms with Gasteiger partial charge in [0.1, 0.15) is 4.21 Å². The quantitative estimate of drug-likeness (QED) is 0.452. The van der Waals surface area contributed by atoms with Gasteiger partial charge in [-0.1, -0.05) is 36.9 Å². The summed E-state index contributed by atoms with van der Waals surface area (Å²) in [5.41, 5.74) is 0.717. The third-order valence-electron chi connectivity index (χ3n) is 6.17. The number of hydrogen-bond donors (Lipinski definition) is 0. The average molecular weight is 464 g/mol. The lowest BCUT2D eigenvalue weighted by Crippen LogP contribution is -2.37. The van der Waals surface area contributed by atoms with Crippen LogP contribution in [0.1, 0.15) is 68.1 Å². The molecule has 9 heteroatoms. The summed E-state index contributed by atoms with van der Waals surface area (Å²) in [5, 5.41) is 7.95. The molecule has 0 spiro atoms. The predicted octanol–water partition coefficient (Wildman–Crippen LogP) is 5.65. The molecule has 0 aliphatic heterocycles. The van der Waals surface area contributed by atoms with Crippen molar-refractivity contribution in [1.82, 2.24) is 14.4 Å². The molecule has 3 heterocycles. The van der Waals surface area contributed by atoms with Crippen LogP contribution in [-0.2, 0) is 16.6 Å². The van der Waals surface area contributed by atoms with E-state index in [0.717, 1.165) is 43.4 Å². The third-order valence-corrected chi connectivity index (χ3v) is 10.3. The second-order valence-corrected chi connectivity index (χ2v) is 12.2. The molecule has 2 saturated carbocycles. The maximum absolute atomic E-state index is 13.6. The van der Waals surface area contributed by atoms with E-state index in [1.165, 1.54) is 24.2 Å². The molecule has 0 unspecified atom stereocenters. The van der Waals surface area contributed by atoms with Crippen molar-refractivity contribution in [3.8, 4) is 11.4 Å². The van der Waals surface area contributed by atoms with E-state index in [1.807, 2.05) is 22.9 Å². The zero-order valence-electron chi connectivity index (χ0n) is 16.7. The van der Waals surface area contributed by atoms with Crippen LogP contribution in [0.3, 0.4) is 0 Å². The van der Waals surface area contributed by atoms with E-state index < -0.39 is 10.0 Å². The number of aromatic nitrogens is 2. The monoisotopic (exact) mass is 463 g/mol. The standard InChI is InChI=1S/C21H25N3O3S3/c25-30(26,24(17-8-3-4-9-17)13-18-10-5-11-28-18)19-12-16(14-29-19)20-22-21(27-23-20)15-6-1-2-7-15/h5,10-12,14-15,17H,1-4,6-9,13H2. The van der Waals surface area contributed by atoms with Crippen LogP contribution < -0.4 is 0 Å². The summed E-state index contributed by atoms with van der Waals surface area (Å²) in [7, 11) is -3.58. The summed E-state index contributed by atoms with van der Waals surface area (Å²) in [5.74, 6) is 1.51. The molecule has 0 bridgehead atoms. The number of rotatable bonds is 7. The van der Waals surface area contributed by atoms with Crippen molar-refractivity contribution in [2.75, 3.05) is 0 Å². The summed E-state index contributed by atoms with van der Waals surface area (Å²) < 4.78 is 34.7. The first-order valence-electron chi connectivity index (χ1n) is 10.6. The smallest absolute Gasteiger partial charge is 0.253 e. The van der Waals surface area contributed by atoms with Crippen molar-refractivity contribution < 1.29 is 12.9 Å². The number of nitrogens with zero attached hydrogens (tertiary/aromatic N) is 3. The summed E-state index contributed by atoms with van der Waals surface area (Å²) >= 11 is 2.85. The van der Waals surface area contributed by atoms with Gasteiger partial charge in [-0.15, -0.1) is 22.7 Å². The molecule has 5 rings (SSSR count). The highest BCUT2D eigenvalue weighted by Crippen LogP contribution is 2.37. The van der Waals surface area contributed by atoms with E-state index in [2.05, 4.69) is 10.1 Å². The molecule has 0 N–H and O–H groups in total. The Morgan fingerprint density at radius 3 is 2.60 bits per heavy atom. The van der Waals surface area contributed by atoms with Crippen LogP contribution >= 0.6 is 22.7 Å². The van der Waals surface area contributed by atoms with Crippen LogP contribution in [0.2, 0.25) is 0 Å². The highest BCUT2D eigenvalue weighted by molar-refractivity contribution is 7.91. The van der Waals surface area contributed by atoms with Crippen molar-refractivity contribution >= 4 is 32.7 Å². The van der Waals surface area contributed by atoms with Crippen molar-refractivity contribution in [3.63, 3.8) is 0 Å². The van der Waals surface area contributed by atoms with Gasteiger partial charge in [-0.25, -0.2) is 8.42 Å². The number of hydrogen-bond acceptors (Lipinski definition) is 7. The first-order chi connectivity index (χ1) is 14.6. The van der Waals surface area contributed by atoms with E-state index in [1.54, 1.807) is 21.7 Å². The Labute approximate surface area is 185 Å². The normalized spacial score (nSPS) is 18.7. The predicted molar refractivity (Wildman–Crippen MR) is 118 cm³/mol. The van der Waals surface area contributed by atoms with Gasteiger partial charge >= 0.3 is 0 Å². The van der Waals surface area contributed by atoms with Crippen LogP contribution in [0.5, 0.6) is 0 Å². The highest BCUT2D eigenvalue weighted by Gasteiger charge is 2.35. The van der Waals surface area contributed by atoms with E-state index in [0.29, 0.717) is 34.0 Å². The third kappa shape index (κ3) is 4.00. The molecular formula is C21H25N3O3S3. The van der Waals surface area contributed by atoms with Crippen molar-refractivity contribution in [2.45, 2.75) is 74.1 Å². The Kier molecular flexibility index (Phi) is 5.79. The maximum Gasteiger partial charge on any atom is 0.253 e. The molecule has 2 fully saturated rings. The largest absolute Gasteiger partial charge is 0.339 e. The topological polar surface area (TPSA) is 76.3 Å². The van der Waals surface area contributed by atoms with Gasteiger partial charge in [0.15, 0.2) is 0 Å². The number of sulfonamides is 1. The van der Waals surface area contributed by atoms with Crippen LogP contribution in [-0.4, -0.2) is 28.9 Å². The van der Waals surface area contributed by atoms with Gasteiger partial charge in [-0.2, -0.15) is 9.29 Å². The fourth-order valence-electron chi connectivity index (χ4n) is 4.53. The number of thiophene rings is 2. The van der Waals surface area contributed by atoms with Crippen molar-refractivity contribution in [1.29, 1.82) is 0 Å². The summed E-state index contributed by atoms with van der Waals surface area (Å²) in [6, 6.07) is 5.76. The minimum Gasteiger partial charge on any atom is -0.339 e. The molecule has 3 aromatic heterocycles. The van der Waals surface area contributed by atoms with E-state index in [9.17, 15) is 8.42 Å². The molecule has 6 nitrogen and oxygen atoms in total. The van der Waals surface area contributed by atoms with E-state index >= 15 is 0 Å². The highest BCUT2D eigenvalue weighted by atomic mass is 32.2. The minimum atomic E-state index is -3.58. The van der Waals surface area contributed by atoms with Gasteiger partial charge in [0, 0.05) is 34.3 Å². The Morgan fingerprint density at radius 1 is 1.10 bits per heavy atom. The fourth-order valence-corrected chi connectivity index (χ4v) is 8.27. The van der Waals surface area contributed by atoms with Crippen molar-refractivity contribution in [3.05, 3.63) is 39.7 Å². The second-order valence-electron chi connectivity index (χ2n) is 8.16. The Hall–Kier alpha value is -1.55. The van der Waals surface area contributed by atoms with Crippen LogP contribution in [0.15, 0.2) is 37.7 Å². The molecule has 30 heavy (non-hydrogen) atoms. The van der Waals surface area contributed by atoms with Crippen LogP contribution in [0, 0.1) is 0 Å². The fraction of sp³-hybridized carbons (Fsp3) is 0.524. The van der Waals surface area contributed by atoms with Gasteiger partial charge in [0.2, 0.25) is 11.7 Å². The first-order valence-corrected chi connectivity index (χ1v) is 13.8. The lowest BCUT2D eigenvalue weighted by atomic mass is 10.1.